The summed E-state index contributed by atoms with van der Waals surface area (Å²) in [5, 5.41) is 9.91. The van der Waals surface area contributed by atoms with E-state index >= 15 is 0 Å². The summed E-state index contributed by atoms with van der Waals surface area (Å²) in [5.74, 6) is -0.241. The zero-order valence-electron chi connectivity index (χ0n) is 9.00. The molecule has 1 aliphatic heterocycles. The van der Waals surface area contributed by atoms with E-state index in [4.69, 9.17) is 4.74 Å². The van der Waals surface area contributed by atoms with Gasteiger partial charge in [0.2, 0.25) is 0 Å². The highest BCUT2D eigenvalue weighted by atomic mass is 16.5. The molecule has 0 unspecified atom stereocenters. The van der Waals surface area contributed by atoms with Crippen LogP contribution >= 0.6 is 0 Å². The summed E-state index contributed by atoms with van der Waals surface area (Å²) in [6.45, 7) is 2.21. The summed E-state index contributed by atoms with van der Waals surface area (Å²) in [6, 6.07) is 8.98. The van der Waals surface area contributed by atoms with Crippen molar-refractivity contribution in [2.45, 2.75) is 6.10 Å². The van der Waals surface area contributed by atoms with Gasteiger partial charge in [-0.1, -0.05) is 30.3 Å². The van der Waals surface area contributed by atoms with Crippen molar-refractivity contribution in [2.24, 2.45) is 0 Å². The second-order valence-corrected chi connectivity index (χ2v) is 3.75. The van der Waals surface area contributed by atoms with Crippen LogP contribution in [0.3, 0.4) is 0 Å². The van der Waals surface area contributed by atoms with Crippen LogP contribution in [-0.4, -0.2) is 42.2 Å². The zero-order valence-corrected chi connectivity index (χ0v) is 9.00. The maximum absolute atomic E-state index is 11.9. The van der Waals surface area contributed by atoms with Gasteiger partial charge in [0.1, 0.15) is 0 Å². The summed E-state index contributed by atoms with van der Waals surface area (Å²) >= 11 is 0. The van der Waals surface area contributed by atoms with Crippen molar-refractivity contribution >= 4 is 5.91 Å². The monoisotopic (exact) mass is 221 g/mol. The van der Waals surface area contributed by atoms with Crippen LogP contribution in [-0.2, 0) is 9.53 Å². The first-order valence-corrected chi connectivity index (χ1v) is 5.38. The van der Waals surface area contributed by atoms with Gasteiger partial charge >= 0.3 is 0 Å². The normalized spacial score (nSPS) is 18.2. The second-order valence-electron chi connectivity index (χ2n) is 3.75. The fourth-order valence-corrected chi connectivity index (χ4v) is 1.73. The second kappa shape index (κ2) is 5.09. The van der Waals surface area contributed by atoms with E-state index in [0.717, 1.165) is 0 Å². The van der Waals surface area contributed by atoms with E-state index in [0.29, 0.717) is 31.9 Å². The van der Waals surface area contributed by atoms with Crippen molar-refractivity contribution in [3.63, 3.8) is 0 Å². The number of carbonyl (C=O) groups is 1. The van der Waals surface area contributed by atoms with E-state index in [1.807, 2.05) is 18.2 Å². The number of nitrogens with zero attached hydrogens (tertiary/aromatic N) is 1. The number of aliphatic hydroxyl groups is 1. The van der Waals surface area contributed by atoms with Crippen LogP contribution in [0, 0.1) is 0 Å². The van der Waals surface area contributed by atoms with Crippen molar-refractivity contribution in [1.82, 2.24) is 4.90 Å². The number of aliphatic hydroxyl groups excluding tert-OH is 1. The number of rotatable bonds is 2. The molecular weight excluding hydrogens is 206 g/mol. The van der Waals surface area contributed by atoms with E-state index < -0.39 is 6.10 Å². The number of morpholine rings is 1. The van der Waals surface area contributed by atoms with Gasteiger partial charge in [0.25, 0.3) is 5.91 Å². The Morgan fingerprint density at radius 2 is 1.88 bits per heavy atom. The maximum Gasteiger partial charge on any atom is 0.256 e. The number of carbonyl (C=O) groups excluding carboxylic acids is 1. The Morgan fingerprint density at radius 1 is 1.25 bits per heavy atom. The van der Waals surface area contributed by atoms with E-state index in [-0.39, 0.29) is 5.91 Å². The Hall–Kier alpha value is -1.39. The molecule has 0 aromatic heterocycles. The van der Waals surface area contributed by atoms with Gasteiger partial charge in [-0.05, 0) is 5.56 Å². The molecule has 1 N–H and O–H groups in total. The number of amides is 1. The van der Waals surface area contributed by atoms with Crippen LogP contribution in [0.15, 0.2) is 30.3 Å². The fourth-order valence-electron chi connectivity index (χ4n) is 1.73. The standard InChI is InChI=1S/C12H15NO3/c14-11(10-4-2-1-3-5-10)12(15)13-6-8-16-9-7-13/h1-5,11,14H,6-9H2/t11-/m0/s1. The molecule has 0 saturated carbocycles. The van der Waals surface area contributed by atoms with E-state index in [1.54, 1.807) is 17.0 Å². The number of benzene rings is 1. The minimum Gasteiger partial charge on any atom is -0.378 e. The highest BCUT2D eigenvalue weighted by Crippen LogP contribution is 2.15. The summed E-state index contributed by atoms with van der Waals surface area (Å²) in [6.07, 6.45) is -1.06. The zero-order chi connectivity index (χ0) is 11.4. The molecule has 0 radical (unpaired) electrons. The molecule has 1 fully saturated rings. The van der Waals surface area contributed by atoms with Gasteiger partial charge in [0, 0.05) is 13.1 Å². The summed E-state index contributed by atoms with van der Waals surface area (Å²) in [7, 11) is 0. The average Bonchev–Trinajstić information content (AvgIpc) is 2.39. The largest absolute Gasteiger partial charge is 0.378 e. The van der Waals surface area contributed by atoms with Crippen LogP contribution in [0.4, 0.5) is 0 Å². The molecule has 1 saturated heterocycles. The first kappa shape index (κ1) is 11.1. The molecule has 0 aliphatic carbocycles. The number of hydrogen-bond acceptors (Lipinski definition) is 3. The van der Waals surface area contributed by atoms with Crippen molar-refractivity contribution < 1.29 is 14.6 Å². The molecule has 0 bridgehead atoms. The van der Waals surface area contributed by atoms with E-state index in [9.17, 15) is 9.90 Å². The molecule has 1 amide bonds. The molecule has 4 nitrogen and oxygen atoms in total. The van der Waals surface area contributed by atoms with Gasteiger partial charge in [-0.3, -0.25) is 4.79 Å². The third-order valence-corrected chi connectivity index (χ3v) is 2.67. The number of ether oxygens (including phenoxy) is 1. The molecule has 86 valence electrons. The maximum atomic E-state index is 11.9. The van der Waals surface area contributed by atoms with Gasteiger partial charge in [-0.15, -0.1) is 0 Å². The smallest absolute Gasteiger partial charge is 0.256 e. The molecule has 4 heteroatoms. The third kappa shape index (κ3) is 2.40. The lowest BCUT2D eigenvalue weighted by atomic mass is 10.1. The van der Waals surface area contributed by atoms with Crippen molar-refractivity contribution in [1.29, 1.82) is 0 Å². The molecule has 1 aromatic rings. The molecular formula is C12H15NO3. The van der Waals surface area contributed by atoms with Crippen LogP contribution in [0.5, 0.6) is 0 Å². The SMILES string of the molecule is O=C([C@@H](O)c1ccccc1)N1CCOCC1. The average molecular weight is 221 g/mol. The lowest BCUT2D eigenvalue weighted by molar-refractivity contribution is -0.144. The molecule has 0 spiro atoms. The Labute approximate surface area is 94.4 Å². The van der Waals surface area contributed by atoms with Crippen molar-refractivity contribution in [2.75, 3.05) is 26.3 Å². The Morgan fingerprint density at radius 3 is 2.50 bits per heavy atom. The first-order valence-electron chi connectivity index (χ1n) is 5.38. The fraction of sp³-hybridized carbons (Fsp3) is 0.417. The molecule has 16 heavy (non-hydrogen) atoms. The molecule has 2 rings (SSSR count). The number of hydrogen-bond donors (Lipinski definition) is 1. The predicted octanol–water partition coefficient (Wildman–Crippen LogP) is 0.579. The van der Waals surface area contributed by atoms with E-state index in [2.05, 4.69) is 0 Å². The predicted molar refractivity (Wildman–Crippen MR) is 58.8 cm³/mol. The van der Waals surface area contributed by atoms with Gasteiger partial charge in [-0.2, -0.15) is 0 Å². The van der Waals surface area contributed by atoms with Crippen LogP contribution in [0.1, 0.15) is 11.7 Å². The summed E-state index contributed by atoms with van der Waals surface area (Å²) < 4.78 is 5.16. The van der Waals surface area contributed by atoms with Gasteiger partial charge < -0.3 is 14.7 Å². The van der Waals surface area contributed by atoms with Gasteiger partial charge in [0.15, 0.2) is 6.10 Å². The lowest BCUT2D eigenvalue weighted by Gasteiger charge is -2.28. The molecule has 1 heterocycles. The van der Waals surface area contributed by atoms with E-state index in [1.165, 1.54) is 0 Å². The minimum atomic E-state index is -1.06. The highest BCUT2D eigenvalue weighted by Gasteiger charge is 2.24. The van der Waals surface area contributed by atoms with Gasteiger partial charge in [0.05, 0.1) is 13.2 Å². The molecule has 1 atom stereocenters. The van der Waals surface area contributed by atoms with Crippen molar-refractivity contribution in [3.05, 3.63) is 35.9 Å². The first-order chi connectivity index (χ1) is 7.79. The van der Waals surface area contributed by atoms with Crippen LogP contribution in [0.2, 0.25) is 0 Å². The lowest BCUT2D eigenvalue weighted by Crippen LogP contribution is -2.43. The van der Waals surface area contributed by atoms with Crippen LogP contribution in [0.25, 0.3) is 0 Å². The quantitative estimate of drug-likeness (QED) is 0.794. The molecule has 1 aromatic carbocycles. The summed E-state index contributed by atoms with van der Waals surface area (Å²) in [5.41, 5.74) is 0.638. The minimum absolute atomic E-state index is 0.241. The highest BCUT2D eigenvalue weighted by molar-refractivity contribution is 5.82. The third-order valence-electron chi connectivity index (χ3n) is 2.67. The Kier molecular flexibility index (Phi) is 3.54. The molecule has 1 aliphatic rings. The van der Waals surface area contributed by atoms with Crippen LogP contribution < -0.4 is 0 Å². The summed E-state index contributed by atoms with van der Waals surface area (Å²) in [4.78, 5) is 13.6. The van der Waals surface area contributed by atoms with Gasteiger partial charge in [-0.25, -0.2) is 0 Å². The topological polar surface area (TPSA) is 49.8 Å². The Balaban J connectivity index is 2.04. The van der Waals surface area contributed by atoms with Crippen molar-refractivity contribution in [3.8, 4) is 0 Å². The Bertz CT molecular complexity index is 347.